The van der Waals surface area contributed by atoms with Crippen LogP contribution in [0.4, 0.5) is 5.82 Å². The number of nitrogens with zero attached hydrogens (tertiary/aromatic N) is 3. The largest absolute Gasteiger partial charge is 0.467 e. The molecule has 0 radical (unpaired) electrons. The van der Waals surface area contributed by atoms with E-state index in [0.29, 0.717) is 12.3 Å². The summed E-state index contributed by atoms with van der Waals surface area (Å²) in [6.07, 6.45) is 2.97. The van der Waals surface area contributed by atoms with Crippen molar-refractivity contribution in [3.8, 4) is 0 Å². The van der Waals surface area contributed by atoms with Gasteiger partial charge in [-0.25, -0.2) is 0 Å². The van der Waals surface area contributed by atoms with Crippen molar-refractivity contribution < 1.29 is 14.1 Å². The van der Waals surface area contributed by atoms with Gasteiger partial charge in [0.2, 0.25) is 5.91 Å². The zero-order valence-electron chi connectivity index (χ0n) is 10.3. The van der Waals surface area contributed by atoms with Crippen LogP contribution in [0.5, 0.6) is 0 Å². The van der Waals surface area contributed by atoms with Gasteiger partial charge in [0.05, 0.1) is 30.6 Å². The molecule has 106 valence electrons. The van der Waals surface area contributed by atoms with Crippen molar-refractivity contribution in [3.63, 3.8) is 0 Å². The van der Waals surface area contributed by atoms with Gasteiger partial charge in [-0.15, -0.1) is 0 Å². The van der Waals surface area contributed by atoms with E-state index in [2.05, 4.69) is 10.4 Å². The maximum Gasteiger partial charge on any atom is 0.408 e. The second-order valence-corrected chi connectivity index (χ2v) is 4.33. The smallest absolute Gasteiger partial charge is 0.408 e. The lowest BCUT2D eigenvalue weighted by Gasteiger charge is -2.01. The van der Waals surface area contributed by atoms with E-state index in [-0.39, 0.29) is 23.9 Å². The third kappa shape index (κ3) is 3.58. The molecule has 0 atom stereocenters. The minimum absolute atomic E-state index is 0.0500. The molecule has 2 aromatic heterocycles. The molecular weight excluding hydrogens is 288 g/mol. The maximum atomic E-state index is 11.6. The Labute approximate surface area is 118 Å². The SMILES string of the molecule is O=C(CCn1cc(Cl)c([N+](=O)[O-])n1)NCc1ccco1. The van der Waals surface area contributed by atoms with Gasteiger partial charge < -0.3 is 19.8 Å². The minimum atomic E-state index is -0.671. The lowest BCUT2D eigenvalue weighted by atomic mass is 10.4. The van der Waals surface area contributed by atoms with E-state index in [1.54, 1.807) is 12.1 Å². The van der Waals surface area contributed by atoms with Crippen molar-refractivity contribution >= 4 is 23.3 Å². The Morgan fingerprint density at radius 1 is 1.60 bits per heavy atom. The van der Waals surface area contributed by atoms with Crippen molar-refractivity contribution in [2.24, 2.45) is 0 Å². The van der Waals surface area contributed by atoms with Gasteiger partial charge >= 0.3 is 5.82 Å². The Morgan fingerprint density at radius 2 is 2.40 bits per heavy atom. The van der Waals surface area contributed by atoms with Crippen LogP contribution in [0.25, 0.3) is 0 Å². The van der Waals surface area contributed by atoms with E-state index < -0.39 is 10.7 Å². The molecule has 0 saturated heterocycles. The monoisotopic (exact) mass is 298 g/mol. The van der Waals surface area contributed by atoms with Gasteiger partial charge in [0, 0.05) is 6.42 Å². The number of carbonyl (C=O) groups is 1. The molecule has 0 spiro atoms. The number of hydrogen-bond acceptors (Lipinski definition) is 5. The van der Waals surface area contributed by atoms with Crippen LogP contribution >= 0.6 is 11.6 Å². The van der Waals surface area contributed by atoms with Gasteiger partial charge in [0.25, 0.3) is 0 Å². The fourth-order valence-electron chi connectivity index (χ4n) is 1.53. The molecule has 0 aliphatic rings. The van der Waals surface area contributed by atoms with Crippen LogP contribution < -0.4 is 5.32 Å². The zero-order valence-corrected chi connectivity index (χ0v) is 11.0. The quantitative estimate of drug-likeness (QED) is 0.646. The van der Waals surface area contributed by atoms with Crippen LogP contribution in [0, 0.1) is 10.1 Å². The minimum Gasteiger partial charge on any atom is -0.467 e. The topological polar surface area (TPSA) is 103 Å². The van der Waals surface area contributed by atoms with Crippen LogP contribution in [-0.2, 0) is 17.9 Å². The fourth-order valence-corrected chi connectivity index (χ4v) is 1.75. The molecule has 8 nitrogen and oxygen atoms in total. The van der Waals surface area contributed by atoms with Crippen LogP contribution in [0.15, 0.2) is 29.0 Å². The lowest BCUT2D eigenvalue weighted by molar-refractivity contribution is -0.389. The molecule has 0 unspecified atom stereocenters. The van der Waals surface area contributed by atoms with E-state index in [1.165, 1.54) is 17.1 Å². The molecule has 0 aliphatic heterocycles. The van der Waals surface area contributed by atoms with Crippen LogP contribution in [0.3, 0.4) is 0 Å². The number of nitrogens with one attached hydrogen (secondary N) is 1. The van der Waals surface area contributed by atoms with E-state index in [0.717, 1.165) is 0 Å². The molecule has 2 heterocycles. The van der Waals surface area contributed by atoms with E-state index in [9.17, 15) is 14.9 Å². The van der Waals surface area contributed by atoms with Crippen LogP contribution in [-0.4, -0.2) is 20.6 Å². The summed E-state index contributed by atoms with van der Waals surface area (Å²) in [5, 5.41) is 16.8. The molecule has 1 N–H and O–H groups in total. The van der Waals surface area contributed by atoms with Crippen molar-refractivity contribution in [1.82, 2.24) is 15.1 Å². The van der Waals surface area contributed by atoms with Gasteiger partial charge in [-0.1, -0.05) is 11.6 Å². The van der Waals surface area contributed by atoms with Crippen molar-refractivity contribution in [3.05, 3.63) is 45.5 Å². The first kappa shape index (κ1) is 14.1. The summed E-state index contributed by atoms with van der Waals surface area (Å²) >= 11 is 5.65. The Balaban J connectivity index is 1.81. The molecule has 1 amide bonds. The van der Waals surface area contributed by atoms with Crippen molar-refractivity contribution in [2.45, 2.75) is 19.5 Å². The van der Waals surface area contributed by atoms with E-state index >= 15 is 0 Å². The number of amides is 1. The highest BCUT2D eigenvalue weighted by molar-refractivity contribution is 6.32. The van der Waals surface area contributed by atoms with Gasteiger partial charge in [-0.3, -0.25) is 4.79 Å². The number of aromatic nitrogens is 2. The van der Waals surface area contributed by atoms with Gasteiger partial charge in [-0.05, 0) is 17.1 Å². The lowest BCUT2D eigenvalue weighted by Crippen LogP contribution is -2.23. The van der Waals surface area contributed by atoms with Crippen LogP contribution in [0.1, 0.15) is 12.2 Å². The third-order valence-corrected chi connectivity index (χ3v) is 2.75. The molecule has 9 heteroatoms. The zero-order chi connectivity index (χ0) is 14.5. The molecular formula is C11H11ClN4O4. The Morgan fingerprint density at radius 3 is 3.00 bits per heavy atom. The van der Waals surface area contributed by atoms with E-state index in [1.807, 2.05) is 0 Å². The first-order valence-electron chi connectivity index (χ1n) is 5.72. The molecule has 0 aliphatic carbocycles. The summed E-state index contributed by atoms with van der Waals surface area (Å²) in [6, 6.07) is 3.48. The average Bonchev–Trinajstić information content (AvgIpc) is 3.03. The predicted octanol–water partition coefficient (Wildman–Crippen LogP) is 1.74. The molecule has 20 heavy (non-hydrogen) atoms. The summed E-state index contributed by atoms with van der Waals surface area (Å²) in [5.74, 6) is 0.0226. The number of furan rings is 1. The second-order valence-electron chi connectivity index (χ2n) is 3.93. The molecule has 0 bridgehead atoms. The number of hydrogen-bond donors (Lipinski definition) is 1. The average molecular weight is 299 g/mol. The fraction of sp³-hybridized carbons (Fsp3) is 0.273. The molecule has 0 fully saturated rings. The molecule has 0 aromatic carbocycles. The number of carbonyl (C=O) groups excluding carboxylic acids is 1. The van der Waals surface area contributed by atoms with Crippen LogP contribution in [0.2, 0.25) is 5.02 Å². The third-order valence-electron chi connectivity index (χ3n) is 2.48. The molecule has 2 rings (SSSR count). The summed E-state index contributed by atoms with van der Waals surface area (Å²) in [6.45, 7) is 0.503. The molecule has 0 saturated carbocycles. The van der Waals surface area contributed by atoms with Gasteiger partial charge in [0.15, 0.2) is 5.02 Å². The first-order chi connectivity index (χ1) is 9.56. The number of rotatable bonds is 6. The summed E-state index contributed by atoms with van der Waals surface area (Å²) in [4.78, 5) is 21.5. The van der Waals surface area contributed by atoms with E-state index in [4.69, 9.17) is 16.0 Å². The Kier molecular flexibility index (Phi) is 4.36. The highest BCUT2D eigenvalue weighted by Crippen LogP contribution is 2.21. The highest BCUT2D eigenvalue weighted by atomic mass is 35.5. The Bertz CT molecular complexity index is 608. The molecule has 2 aromatic rings. The van der Waals surface area contributed by atoms with Gasteiger partial charge in [-0.2, -0.15) is 4.68 Å². The standard InChI is InChI=1S/C11H11ClN4O4/c12-9-7-15(14-11(9)16(18)19)4-3-10(17)13-6-8-2-1-5-20-8/h1-2,5,7H,3-4,6H2,(H,13,17). The highest BCUT2D eigenvalue weighted by Gasteiger charge is 2.19. The maximum absolute atomic E-state index is 11.6. The summed E-state index contributed by atoms with van der Waals surface area (Å²) in [5.41, 5.74) is 0. The normalized spacial score (nSPS) is 10.4. The first-order valence-corrected chi connectivity index (χ1v) is 6.10. The van der Waals surface area contributed by atoms with Crippen molar-refractivity contribution in [1.29, 1.82) is 0 Å². The van der Waals surface area contributed by atoms with Crippen molar-refractivity contribution in [2.75, 3.05) is 0 Å². The number of nitro groups is 1. The number of aryl methyl sites for hydroxylation is 1. The predicted molar refractivity (Wildman–Crippen MR) is 69.1 cm³/mol. The Hall–Kier alpha value is -2.35. The van der Waals surface area contributed by atoms with Gasteiger partial charge in [0.1, 0.15) is 5.76 Å². The summed E-state index contributed by atoms with van der Waals surface area (Å²) < 4.78 is 6.34. The second kappa shape index (κ2) is 6.20. The number of halogens is 1. The summed E-state index contributed by atoms with van der Waals surface area (Å²) in [7, 11) is 0.